The van der Waals surface area contributed by atoms with Gasteiger partial charge in [0.15, 0.2) is 5.78 Å². The Balaban J connectivity index is 2.04. The van der Waals surface area contributed by atoms with Gasteiger partial charge in [0, 0.05) is 13.2 Å². The highest BCUT2D eigenvalue weighted by atomic mass is 16.5. The number of carbonyl (C=O) groups is 1. The van der Waals surface area contributed by atoms with Gasteiger partial charge in [-0.2, -0.15) is 0 Å². The van der Waals surface area contributed by atoms with Gasteiger partial charge in [-0.1, -0.05) is 6.07 Å². The van der Waals surface area contributed by atoms with Crippen LogP contribution in [-0.4, -0.2) is 49.1 Å². The van der Waals surface area contributed by atoms with Crippen LogP contribution >= 0.6 is 0 Å². The van der Waals surface area contributed by atoms with Gasteiger partial charge in [-0.3, -0.25) is 9.69 Å². The summed E-state index contributed by atoms with van der Waals surface area (Å²) in [7, 11) is 1.59. The highest BCUT2D eigenvalue weighted by Gasteiger charge is 2.22. The number of nitrogens with zero attached hydrogens (tertiary/aromatic N) is 1. The maximum Gasteiger partial charge on any atom is 0.180 e. The van der Waals surface area contributed by atoms with Gasteiger partial charge in [-0.25, -0.2) is 0 Å². The second-order valence-corrected chi connectivity index (χ2v) is 5.55. The van der Waals surface area contributed by atoms with Crippen LogP contribution in [0.2, 0.25) is 0 Å². The third-order valence-corrected chi connectivity index (χ3v) is 3.89. The first-order chi connectivity index (χ1) is 9.63. The van der Waals surface area contributed by atoms with Crippen molar-refractivity contribution in [1.29, 1.82) is 0 Å². The zero-order chi connectivity index (χ0) is 14.5. The molecule has 0 aromatic heterocycles. The van der Waals surface area contributed by atoms with Crippen LogP contribution < -0.4 is 4.74 Å². The van der Waals surface area contributed by atoms with E-state index in [4.69, 9.17) is 4.74 Å². The molecule has 1 atom stereocenters. The summed E-state index contributed by atoms with van der Waals surface area (Å²) in [5.74, 6) is 1.03. The zero-order valence-corrected chi connectivity index (χ0v) is 12.3. The van der Waals surface area contributed by atoms with E-state index in [1.165, 1.54) is 0 Å². The number of methoxy groups -OCH3 is 1. The van der Waals surface area contributed by atoms with E-state index in [-0.39, 0.29) is 12.4 Å². The Hall–Kier alpha value is -1.39. The molecule has 0 bridgehead atoms. The Morgan fingerprint density at radius 2 is 2.30 bits per heavy atom. The van der Waals surface area contributed by atoms with Gasteiger partial charge < -0.3 is 9.84 Å². The van der Waals surface area contributed by atoms with E-state index in [0.29, 0.717) is 23.8 Å². The quantitative estimate of drug-likeness (QED) is 0.835. The van der Waals surface area contributed by atoms with E-state index in [1.807, 2.05) is 25.1 Å². The van der Waals surface area contributed by atoms with Gasteiger partial charge in [0.25, 0.3) is 0 Å². The molecule has 110 valence electrons. The lowest BCUT2D eigenvalue weighted by atomic mass is 9.98. The molecule has 0 spiro atoms. The van der Waals surface area contributed by atoms with Crippen molar-refractivity contribution in [2.24, 2.45) is 5.92 Å². The van der Waals surface area contributed by atoms with Crippen LogP contribution in [0.5, 0.6) is 5.75 Å². The van der Waals surface area contributed by atoms with Crippen molar-refractivity contribution in [1.82, 2.24) is 4.90 Å². The number of hydrogen-bond acceptors (Lipinski definition) is 4. The van der Waals surface area contributed by atoms with Crippen molar-refractivity contribution in [2.75, 3.05) is 33.4 Å². The lowest BCUT2D eigenvalue weighted by Gasteiger charge is -2.31. The number of ketones is 1. The first-order valence-electron chi connectivity index (χ1n) is 7.15. The number of Topliss-reactive ketones (excluding diaryl/α,β-unsaturated/α-hetero) is 1. The number of aryl methyl sites for hydroxylation is 1. The Labute approximate surface area is 120 Å². The first-order valence-corrected chi connectivity index (χ1v) is 7.15. The molecule has 0 amide bonds. The average Bonchev–Trinajstić information content (AvgIpc) is 2.47. The van der Waals surface area contributed by atoms with Crippen molar-refractivity contribution in [3.05, 3.63) is 29.3 Å². The molecule has 1 unspecified atom stereocenters. The van der Waals surface area contributed by atoms with Crippen LogP contribution in [0.25, 0.3) is 0 Å². The Kier molecular flexibility index (Phi) is 5.15. The van der Waals surface area contributed by atoms with Gasteiger partial charge in [-0.05, 0) is 49.9 Å². The maximum atomic E-state index is 12.4. The number of aliphatic hydroxyl groups excluding tert-OH is 1. The molecule has 1 aromatic rings. The Morgan fingerprint density at radius 1 is 1.50 bits per heavy atom. The van der Waals surface area contributed by atoms with Crippen LogP contribution in [0, 0.1) is 12.8 Å². The van der Waals surface area contributed by atoms with Crippen LogP contribution in [0.15, 0.2) is 18.2 Å². The van der Waals surface area contributed by atoms with E-state index in [2.05, 4.69) is 4.90 Å². The monoisotopic (exact) mass is 277 g/mol. The molecule has 0 saturated carbocycles. The molecule has 0 radical (unpaired) electrons. The SMILES string of the molecule is COc1cc(C)ccc1C(=O)CN1CCCC(CO)C1. The number of likely N-dealkylation sites (tertiary alicyclic amines) is 1. The second-order valence-electron chi connectivity index (χ2n) is 5.55. The normalized spacial score (nSPS) is 19.9. The number of ether oxygens (including phenoxy) is 1. The molecule has 0 aliphatic carbocycles. The average molecular weight is 277 g/mol. The molecule has 1 saturated heterocycles. The molecule has 1 N–H and O–H groups in total. The summed E-state index contributed by atoms with van der Waals surface area (Å²) in [5, 5.41) is 9.24. The molecular weight excluding hydrogens is 254 g/mol. The molecule has 1 aromatic carbocycles. The van der Waals surface area contributed by atoms with Crippen molar-refractivity contribution >= 4 is 5.78 Å². The van der Waals surface area contributed by atoms with Crippen molar-refractivity contribution in [3.63, 3.8) is 0 Å². The summed E-state index contributed by atoms with van der Waals surface area (Å²) in [4.78, 5) is 14.5. The molecule has 1 aliphatic rings. The molecular formula is C16H23NO3. The summed E-state index contributed by atoms with van der Waals surface area (Å²) in [6, 6.07) is 5.66. The first kappa shape index (κ1) is 15.0. The number of hydrogen-bond donors (Lipinski definition) is 1. The van der Waals surface area contributed by atoms with E-state index in [9.17, 15) is 9.90 Å². The van der Waals surface area contributed by atoms with Crippen molar-refractivity contribution in [3.8, 4) is 5.75 Å². The number of carbonyl (C=O) groups excluding carboxylic acids is 1. The Bertz CT molecular complexity index is 473. The fraction of sp³-hybridized carbons (Fsp3) is 0.562. The third-order valence-electron chi connectivity index (χ3n) is 3.89. The molecule has 1 fully saturated rings. The van der Waals surface area contributed by atoms with Crippen LogP contribution in [-0.2, 0) is 0 Å². The molecule has 4 heteroatoms. The third kappa shape index (κ3) is 3.58. The Morgan fingerprint density at radius 3 is 3.00 bits per heavy atom. The van der Waals surface area contributed by atoms with Crippen molar-refractivity contribution in [2.45, 2.75) is 19.8 Å². The highest BCUT2D eigenvalue weighted by Crippen LogP contribution is 2.22. The minimum Gasteiger partial charge on any atom is -0.496 e. The van der Waals surface area contributed by atoms with Gasteiger partial charge in [0.05, 0.1) is 19.2 Å². The summed E-state index contributed by atoms with van der Waals surface area (Å²) < 4.78 is 5.30. The van der Waals surface area contributed by atoms with Gasteiger partial charge in [0.1, 0.15) is 5.75 Å². The van der Waals surface area contributed by atoms with Gasteiger partial charge >= 0.3 is 0 Å². The predicted molar refractivity (Wildman–Crippen MR) is 78.3 cm³/mol. The standard InChI is InChI=1S/C16H23NO3/c1-12-5-6-14(16(8-12)20-2)15(19)10-17-7-3-4-13(9-17)11-18/h5-6,8,13,18H,3-4,7,9-11H2,1-2H3. The molecule has 20 heavy (non-hydrogen) atoms. The topological polar surface area (TPSA) is 49.8 Å². The van der Waals surface area contributed by atoms with E-state index < -0.39 is 0 Å². The molecule has 1 aliphatic heterocycles. The van der Waals surface area contributed by atoms with Crippen LogP contribution in [0.1, 0.15) is 28.8 Å². The van der Waals surface area contributed by atoms with E-state index >= 15 is 0 Å². The molecule has 1 heterocycles. The number of rotatable bonds is 5. The minimum atomic E-state index is 0.0837. The maximum absolute atomic E-state index is 12.4. The largest absolute Gasteiger partial charge is 0.496 e. The number of aliphatic hydroxyl groups is 1. The number of benzene rings is 1. The van der Waals surface area contributed by atoms with Crippen LogP contribution in [0.4, 0.5) is 0 Å². The lowest BCUT2D eigenvalue weighted by molar-refractivity contribution is 0.0831. The fourth-order valence-electron chi connectivity index (χ4n) is 2.76. The van der Waals surface area contributed by atoms with Gasteiger partial charge in [0.2, 0.25) is 0 Å². The highest BCUT2D eigenvalue weighted by molar-refractivity contribution is 6.00. The lowest BCUT2D eigenvalue weighted by Crippen LogP contribution is -2.39. The number of piperidine rings is 1. The van der Waals surface area contributed by atoms with E-state index in [1.54, 1.807) is 7.11 Å². The van der Waals surface area contributed by atoms with Crippen molar-refractivity contribution < 1.29 is 14.6 Å². The smallest absolute Gasteiger partial charge is 0.180 e. The molecule has 4 nitrogen and oxygen atoms in total. The summed E-state index contributed by atoms with van der Waals surface area (Å²) >= 11 is 0. The summed E-state index contributed by atoms with van der Waals surface area (Å²) in [6.45, 7) is 4.31. The van der Waals surface area contributed by atoms with Gasteiger partial charge in [-0.15, -0.1) is 0 Å². The zero-order valence-electron chi connectivity index (χ0n) is 12.3. The summed E-state index contributed by atoms with van der Waals surface area (Å²) in [6.07, 6.45) is 2.10. The fourth-order valence-corrected chi connectivity index (χ4v) is 2.76. The predicted octanol–water partition coefficient (Wildman–Crippen LogP) is 1.89. The van der Waals surface area contributed by atoms with Crippen LogP contribution in [0.3, 0.4) is 0 Å². The van der Waals surface area contributed by atoms with E-state index in [0.717, 1.165) is 31.5 Å². The minimum absolute atomic E-state index is 0.0837. The summed E-state index contributed by atoms with van der Waals surface area (Å²) in [5.41, 5.74) is 1.72. The second kappa shape index (κ2) is 6.86. The molecule has 2 rings (SSSR count).